The maximum absolute atomic E-state index is 6.20. The van der Waals surface area contributed by atoms with Crippen LogP contribution in [0.2, 0.25) is 5.28 Å². The Morgan fingerprint density at radius 2 is 1.43 bits per heavy atom. The topological polar surface area (TPSA) is 43.6 Å². The first kappa shape index (κ1) is 17.1. The van der Waals surface area contributed by atoms with E-state index in [9.17, 15) is 0 Å². The Labute approximate surface area is 177 Å². The molecule has 3 aromatic heterocycles. The third-order valence-electron chi connectivity index (χ3n) is 5.40. The van der Waals surface area contributed by atoms with Gasteiger partial charge in [0.1, 0.15) is 0 Å². The normalized spacial score (nSPS) is 11.5. The molecule has 142 valence electrons. The van der Waals surface area contributed by atoms with Crippen molar-refractivity contribution in [1.82, 2.24) is 19.5 Å². The molecular weight excluding hydrogens is 392 g/mol. The highest BCUT2D eigenvalue weighted by molar-refractivity contribution is 6.28. The van der Waals surface area contributed by atoms with Gasteiger partial charge in [-0.1, -0.05) is 42.5 Å². The van der Waals surface area contributed by atoms with Crippen molar-refractivity contribution >= 4 is 44.4 Å². The molecule has 3 heterocycles. The number of hydrogen-bond acceptors (Lipinski definition) is 3. The van der Waals surface area contributed by atoms with Crippen molar-refractivity contribution in [3.8, 4) is 16.9 Å². The Balaban J connectivity index is 1.69. The summed E-state index contributed by atoms with van der Waals surface area (Å²) in [6.07, 6.45) is 1.71. The van der Waals surface area contributed by atoms with Crippen LogP contribution in [0.25, 0.3) is 49.8 Å². The first-order valence-corrected chi connectivity index (χ1v) is 10.0. The molecule has 0 saturated carbocycles. The molecule has 6 rings (SSSR count). The number of aromatic nitrogens is 4. The van der Waals surface area contributed by atoms with Crippen molar-refractivity contribution < 1.29 is 0 Å². The summed E-state index contributed by atoms with van der Waals surface area (Å²) in [5, 5.41) is 3.44. The number of nitrogens with zero attached hydrogens (tertiary/aromatic N) is 4. The van der Waals surface area contributed by atoms with Crippen LogP contribution >= 0.6 is 11.6 Å². The van der Waals surface area contributed by atoms with Crippen molar-refractivity contribution in [2.24, 2.45) is 0 Å². The summed E-state index contributed by atoms with van der Waals surface area (Å²) in [5.41, 5.74) is 5.82. The number of para-hydroxylation sites is 2. The van der Waals surface area contributed by atoms with E-state index in [2.05, 4.69) is 86.2 Å². The summed E-state index contributed by atoms with van der Waals surface area (Å²) in [4.78, 5) is 13.1. The number of rotatable bonds is 2. The summed E-state index contributed by atoms with van der Waals surface area (Å²) < 4.78 is 2.29. The van der Waals surface area contributed by atoms with Gasteiger partial charge in [-0.15, -0.1) is 0 Å². The molecule has 0 aliphatic carbocycles. The molecule has 0 aliphatic rings. The molecule has 6 aromatic rings. The predicted octanol–water partition coefficient (Wildman–Crippen LogP) is 6.44. The SMILES string of the molecule is Clc1nc(-c2ccc3c(c2)c2ccccc2n3-c2ccccc2)c2cccnc2n1. The van der Waals surface area contributed by atoms with Crippen molar-refractivity contribution in [1.29, 1.82) is 0 Å². The van der Waals surface area contributed by atoms with Crippen LogP contribution in [-0.2, 0) is 0 Å². The van der Waals surface area contributed by atoms with E-state index < -0.39 is 0 Å². The van der Waals surface area contributed by atoms with Crippen molar-refractivity contribution in [2.45, 2.75) is 0 Å². The second-order valence-electron chi connectivity index (χ2n) is 7.14. The van der Waals surface area contributed by atoms with E-state index in [1.807, 2.05) is 18.2 Å². The minimum Gasteiger partial charge on any atom is -0.309 e. The lowest BCUT2D eigenvalue weighted by atomic mass is 10.0. The Morgan fingerprint density at radius 3 is 2.33 bits per heavy atom. The van der Waals surface area contributed by atoms with Crippen molar-refractivity contribution in [3.63, 3.8) is 0 Å². The van der Waals surface area contributed by atoms with E-state index in [-0.39, 0.29) is 5.28 Å². The maximum atomic E-state index is 6.20. The molecule has 3 aromatic carbocycles. The van der Waals surface area contributed by atoms with E-state index in [1.165, 1.54) is 16.3 Å². The van der Waals surface area contributed by atoms with Crippen LogP contribution in [0.1, 0.15) is 0 Å². The van der Waals surface area contributed by atoms with Crippen LogP contribution in [0.3, 0.4) is 0 Å². The lowest BCUT2D eigenvalue weighted by molar-refractivity contribution is 1.18. The summed E-state index contributed by atoms with van der Waals surface area (Å²) >= 11 is 6.20. The zero-order chi connectivity index (χ0) is 20.1. The van der Waals surface area contributed by atoms with Gasteiger partial charge in [0.2, 0.25) is 5.28 Å². The Morgan fingerprint density at radius 1 is 0.667 bits per heavy atom. The molecule has 0 N–H and O–H groups in total. The Bertz CT molecular complexity index is 1550. The van der Waals surface area contributed by atoms with Crippen LogP contribution in [0.5, 0.6) is 0 Å². The predicted molar refractivity (Wildman–Crippen MR) is 122 cm³/mol. The molecule has 0 saturated heterocycles. The van der Waals surface area contributed by atoms with Gasteiger partial charge in [-0.05, 0) is 54.1 Å². The molecule has 0 amide bonds. The minimum atomic E-state index is 0.197. The fourth-order valence-electron chi connectivity index (χ4n) is 4.13. The number of fused-ring (bicyclic) bond motifs is 4. The molecule has 5 heteroatoms. The molecule has 30 heavy (non-hydrogen) atoms. The summed E-state index contributed by atoms with van der Waals surface area (Å²) in [6, 6.07) is 29.2. The zero-order valence-electron chi connectivity index (χ0n) is 15.8. The molecule has 0 radical (unpaired) electrons. The lowest BCUT2D eigenvalue weighted by Crippen LogP contribution is -1.94. The summed E-state index contributed by atoms with van der Waals surface area (Å²) in [5.74, 6) is 0. The number of pyridine rings is 1. The van der Waals surface area contributed by atoms with Crippen LogP contribution in [0.15, 0.2) is 91.1 Å². The third-order valence-corrected chi connectivity index (χ3v) is 5.57. The number of halogens is 1. The molecular formula is C25H15ClN4. The monoisotopic (exact) mass is 406 g/mol. The second-order valence-corrected chi connectivity index (χ2v) is 7.47. The van der Waals surface area contributed by atoms with Gasteiger partial charge in [0, 0.05) is 33.6 Å². The van der Waals surface area contributed by atoms with Crippen molar-refractivity contribution in [2.75, 3.05) is 0 Å². The number of benzene rings is 3. The van der Waals surface area contributed by atoms with E-state index in [1.54, 1.807) is 6.20 Å². The van der Waals surface area contributed by atoms with Gasteiger partial charge in [0.15, 0.2) is 5.65 Å². The first-order chi connectivity index (χ1) is 14.8. The fourth-order valence-corrected chi connectivity index (χ4v) is 4.30. The summed E-state index contributed by atoms with van der Waals surface area (Å²) in [7, 11) is 0. The largest absolute Gasteiger partial charge is 0.309 e. The van der Waals surface area contributed by atoms with Crippen molar-refractivity contribution in [3.05, 3.63) is 96.4 Å². The third kappa shape index (κ3) is 2.58. The molecule has 0 spiro atoms. The van der Waals surface area contributed by atoms with Crippen LogP contribution in [0.4, 0.5) is 0 Å². The average molecular weight is 407 g/mol. The quantitative estimate of drug-likeness (QED) is 0.311. The highest BCUT2D eigenvalue weighted by Gasteiger charge is 2.15. The second kappa shape index (κ2) is 6.65. The van der Waals surface area contributed by atoms with Gasteiger partial charge in [0.25, 0.3) is 0 Å². The molecule has 0 bridgehead atoms. The van der Waals surface area contributed by atoms with E-state index in [0.717, 1.165) is 27.8 Å². The Hall–Kier alpha value is -3.76. The van der Waals surface area contributed by atoms with E-state index in [4.69, 9.17) is 11.6 Å². The van der Waals surface area contributed by atoms with E-state index in [0.29, 0.717) is 5.65 Å². The lowest BCUT2D eigenvalue weighted by Gasteiger charge is -2.09. The smallest absolute Gasteiger partial charge is 0.225 e. The zero-order valence-corrected chi connectivity index (χ0v) is 16.6. The highest BCUT2D eigenvalue weighted by Crippen LogP contribution is 2.35. The van der Waals surface area contributed by atoms with Crippen LogP contribution in [0, 0.1) is 0 Å². The van der Waals surface area contributed by atoms with Crippen LogP contribution in [-0.4, -0.2) is 19.5 Å². The van der Waals surface area contributed by atoms with Gasteiger partial charge in [-0.3, -0.25) is 0 Å². The fraction of sp³-hybridized carbons (Fsp3) is 0. The van der Waals surface area contributed by atoms with Gasteiger partial charge in [-0.25, -0.2) is 9.97 Å². The highest BCUT2D eigenvalue weighted by atomic mass is 35.5. The molecule has 0 aliphatic heterocycles. The van der Waals surface area contributed by atoms with Gasteiger partial charge in [0.05, 0.1) is 16.7 Å². The maximum Gasteiger partial charge on any atom is 0.225 e. The van der Waals surface area contributed by atoms with E-state index >= 15 is 0 Å². The molecule has 0 unspecified atom stereocenters. The van der Waals surface area contributed by atoms with Crippen LogP contribution < -0.4 is 0 Å². The molecule has 0 atom stereocenters. The van der Waals surface area contributed by atoms with Gasteiger partial charge >= 0.3 is 0 Å². The van der Waals surface area contributed by atoms with Gasteiger partial charge < -0.3 is 4.57 Å². The summed E-state index contributed by atoms with van der Waals surface area (Å²) in [6.45, 7) is 0. The number of hydrogen-bond donors (Lipinski definition) is 0. The Kier molecular flexibility index (Phi) is 3.79. The van der Waals surface area contributed by atoms with Gasteiger partial charge in [-0.2, -0.15) is 4.98 Å². The molecule has 4 nitrogen and oxygen atoms in total. The minimum absolute atomic E-state index is 0.197. The molecule has 0 fully saturated rings. The first-order valence-electron chi connectivity index (χ1n) is 9.67. The average Bonchev–Trinajstić information content (AvgIpc) is 3.13. The standard InChI is InChI=1S/C25H15ClN4/c26-25-28-23(19-10-6-14-27-24(19)29-25)16-12-13-22-20(15-16)18-9-4-5-11-21(18)30(22)17-7-2-1-3-8-17/h1-15H.